The van der Waals surface area contributed by atoms with Gasteiger partial charge in [-0.3, -0.25) is 14.9 Å². The first-order valence-corrected chi connectivity index (χ1v) is 10.4. The predicted octanol–water partition coefficient (Wildman–Crippen LogP) is 5.51. The Labute approximate surface area is 180 Å². The maximum atomic E-state index is 11.8. The number of benzene rings is 3. The van der Waals surface area contributed by atoms with Crippen LogP contribution >= 0.6 is 27.7 Å². The fourth-order valence-corrected chi connectivity index (χ4v) is 4.36. The minimum Gasteiger partial charge on any atom is -0.493 e. The summed E-state index contributed by atoms with van der Waals surface area (Å²) in [4.78, 5) is 23.5. The third kappa shape index (κ3) is 4.16. The van der Waals surface area contributed by atoms with Gasteiger partial charge in [-0.15, -0.1) is 0 Å². The van der Waals surface area contributed by atoms with Gasteiger partial charge in [-0.2, -0.15) is 0 Å². The number of thioether (sulfide) groups is 1. The average Bonchev–Trinajstić information content (AvgIpc) is 3.03. The van der Waals surface area contributed by atoms with Crippen molar-refractivity contribution in [2.75, 3.05) is 7.11 Å². The Kier molecular flexibility index (Phi) is 5.60. The van der Waals surface area contributed by atoms with E-state index >= 15 is 0 Å². The number of rotatable bonds is 5. The summed E-state index contributed by atoms with van der Waals surface area (Å²) >= 11 is 4.40. The number of carbonyl (C=O) groups is 2. The van der Waals surface area contributed by atoms with Crippen molar-refractivity contribution < 1.29 is 19.1 Å². The van der Waals surface area contributed by atoms with Gasteiger partial charge < -0.3 is 9.47 Å². The number of ether oxygens (including phenoxy) is 2. The number of halogens is 1. The molecule has 3 aromatic carbocycles. The second-order valence-electron chi connectivity index (χ2n) is 6.31. The first-order valence-electron chi connectivity index (χ1n) is 8.77. The molecule has 1 fully saturated rings. The number of methoxy groups -OCH3 is 1. The molecule has 3 aromatic rings. The molecule has 146 valence electrons. The van der Waals surface area contributed by atoms with Crippen LogP contribution in [-0.2, 0) is 11.4 Å². The molecule has 1 N–H and O–H groups in total. The molecule has 0 spiro atoms. The summed E-state index contributed by atoms with van der Waals surface area (Å²) < 4.78 is 12.3. The number of hydrogen-bond acceptors (Lipinski definition) is 5. The van der Waals surface area contributed by atoms with Crippen LogP contribution in [0.15, 0.2) is 64.0 Å². The number of amides is 2. The van der Waals surface area contributed by atoms with Crippen LogP contribution in [0.1, 0.15) is 11.1 Å². The van der Waals surface area contributed by atoms with Gasteiger partial charge in [0.05, 0.1) is 16.5 Å². The van der Waals surface area contributed by atoms with Crippen LogP contribution in [0.4, 0.5) is 4.79 Å². The Morgan fingerprint density at radius 2 is 1.90 bits per heavy atom. The highest BCUT2D eigenvalue weighted by atomic mass is 79.9. The largest absolute Gasteiger partial charge is 0.493 e. The van der Waals surface area contributed by atoms with E-state index in [1.165, 1.54) is 0 Å². The number of nitrogens with one attached hydrogen (secondary N) is 1. The molecule has 7 heteroatoms. The van der Waals surface area contributed by atoms with Crippen LogP contribution in [-0.4, -0.2) is 18.3 Å². The van der Waals surface area contributed by atoms with E-state index in [0.717, 1.165) is 33.7 Å². The molecular weight excluding hydrogens is 454 g/mol. The second kappa shape index (κ2) is 8.31. The average molecular weight is 470 g/mol. The minimum atomic E-state index is -0.397. The van der Waals surface area contributed by atoms with Crippen LogP contribution in [0.25, 0.3) is 16.8 Å². The number of imide groups is 1. The van der Waals surface area contributed by atoms with Crippen molar-refractivity contribution in [3.05, 3.63) is 75.1 Å². The molecule has 0 atom stereocenters. The van der Waals surface area contributed by atoms with Crippen molar-refractivity contribution in [2.45, 2.75) is 6.61 Å². The molecule has 1 heterocycles. The van der Waals surface area contributed by atoms with Gasteiger partial charge in [0, 0.05) is 0 Å². The standard InChI is InChI=1S/C22H16BrNO4S/c1-27-18-10-13(11-19-21(25)24-22(26)29-19)9-17(23)20(18)28-12-15-7-4-6-14-5-2-3-8-16(14)15/h2-11H,12H2,1H3,(H,24,25,26)/b19-11-. The van der Waals surface area contributed by atoms with E-state index in [-0.39, 0.29) is 5.24 Å². The molecule has 0 aliphatic carbocycles. The van der Waals surface area contributed by atoms with Gasteiger partial charge in [0.25, 0.3) is 11.1 Å². The SMILES string of the molecule is COc1cc(/C=C2\SC(=O)NC2=O)cc(Br)c1OCc1cccc2ccccc12. The Morgan fingerprint density at radius 3 is 2.66 bits per heavy atom. The number of hydrogen-bond donors (Lipinski definition) is 1. The van der Waals surface area contributed by atoms with E-state index in [1.807, 2.05) is 30.3 Å². The van der Waals surface area contributed by atoms with Crippen LogP contribution < -0.4 is 14.8 Å². The van der Waals surface area contributed by atoms with Gasteiger partial charge in [0.2, 0.25) is 0 Å². The normalized spacial score (nSPS) is 15.0. The smallest absolute Gasteiger partial charge is 0.290 e. The van der Waals surface area contributed by atoms with E-state index in [1.54, 1.807) is 19.3 Å². The van der Waals surface area contributed by atoms with Crippen LogP contribution in [0, 0.1) is 0 Å². The van der Waals surface area contributed by atoms with Crippen molar-refractivity contribution in [1.29, 1.82) is 0 Å². The molecule has 1 saturated heterocycles. The lowest BCUT2D eigenvalue weighted by molar-refractivity contribution is -0.115. The molecule has 1 aliphatic rings. The molecule has 2 amide bonds. The zero-order valence-corrected chi connectivity index (χ0v) is 17.8. The molecule has 4 rings (SSSR count). The molecule has 0 bridgehead atoms. The molecule has 1 aliphatic heterocycles. The Bertz CT molecular complexity index is 1150. The third-order valence-electron chi connectivity index (χ3n) is 4.44. The first kappa shape index (κ1) is 19.5. The van der Waals surface area contributed by atoms with Gasteiger partial charge in [-0.05, 0) is 67.8 Å². The number of carbonyl (C=O) groups excluding carboxylic acids is 2. The highest BCUT2D eigenvalue weighted by Gasteiger charge is 2.25. The van der Waals surface area contributed by atoms with Gasteiger partial charge in [-0.1, -0.05) is 42.5 Å². The molecule has 0 unspecified atom stereocenters. The molecule has 0 aromatic heterocycles. The van der Waals surface area contributed by atoms with E-state index in [4.69, 9.17) is 9.47 Å². The number of fused-ring (bicyclic) bond motifs is 1. The fraction of sp³-hybridized carbons (Fsp3) is 0.0909. The van der Waals surface area contributed by atoms with E-state index < -0.39 is 5.91 Å². The van der Waals surface area contributed by atoms with Gasteiger partial charge in [-0.25, -0.2) is 0 Å². The van der Waals surface area contributed by atoms with Gasteiger partial charge in [0.15, 0.2) is 11.5 Å². The molecule has 5 nitrogen and oxygen atoms in total. The predicted molar refractivity (Wildman–Crippen MR) is 118 cm³/mol. The Balaban J connectivity index is 1.62. The summed E-state index contributed by atoms with van der Waals surface area (Å²) in [5.74, 6) is 0.703. The first-order chi connectivity index (χ1) is 14.0. The van der Waals surface area contributed by atoms with Crippen LogP contribution in [0.2, 0.25) is 0 Å². The Hall–Kier alpha value is -2.77. The zero-order chi connectivity index (χ0) is 20.4. The van der Waals surface area contributed by atoms with E-state index in [2.05, 4.69) is 39.4 Å². The maximum absolute atomic E-state index is 11.8. The van der Waals surface area contributed by atoms with Crippen molar-refractivity contribution in [3.8, 4) is 11.5 Å². The summed E-state index contributed by atoms with van der Waals surface area (Å²) in [5, 5.41) is 4.17. The summed E-state index contributed by atoms with van der Waals surface area (Å²) in [6, 6.07) is 17.9. The fourth-order valence-electron chi connectivity index (χ4n) is 3.10. The minimum absolute atomic E-state index is 0.341. The third-order valence-corrected chi connectivity index (χ3v) is 5.84. The zero-order valence-electron chi connectivity index (χ0n) is 15.4. The van der Waals surface area contributed by atoms with Crippen molar-refractivity contribution in [3.63, 3.8) is 0 Å². The monoisotopic (exact) mass is 469 g/mol. The second-order valence-corrected chi connectivity index (χ2v) is 8.18. The lowest BCUT2D eigenvalue weighted by atomic mass is 10.1. The van der Waals surface area contributed by atoms with E-state index in [9.17, 15) is 9.59 Å². The van der Waals surface area contributed by atoms with Crippen LogP contribution in [0.5, 0.6) is 11.5 Å². The molecular formula is C22H16BrNO4S. The molecule has 0 saturated carbocycles. The summed E-state index contributed by atoms with van der Waals surface area (Å²) in [5.41, 5.74) is 1.79. The highest BCUT2D eigenvalue weighted by molar-refractivity contribution is 9.10. The van der Waals surface area contributed by atoms with Crippen molar-refractivity contribution in [2.24, 2.45) is 0 Å². The summed E-state index contributed by atoms with van der Waals surface area (Å²) in [6.07, 6.45) is 1.65. The summed E-state index contributed by atoms with van der Waals surface area (Å²) in [7, 11) is 1.56. The van der Waals surface area contributed by atoms with Crippen molar-refractivity contribution >= 4 is 55.7 Å². The van der Waals surface area contributed by atoms with Gasteiger partial charge in [0.1, 0.15) is 6.61 Å². The quantitative estimate of drug-likeness (QED) is 0.498. The van der Waals surface area contributed by atoms with E-state index in [0.29, 0.717) is 27.5 Å². The molecule has 29 heavy (non-hydrogen) atoms. The Morgan fingerprint density at radius 1 is 1.10 bits per heavy atom. The lowest BCUT2D eigenvalue weighted by Gasteiger charge is -2.15. The van der Waals surface area contributed by atoms with Crippen LogP contribution in [0.3, 0.4) is 0 Å². The molecule has 0 radical (unpaired) electrons. The summed E-state index contributed by atoms with van der Waals surface area (Å²) in [6.45, 7) is 0.378. The van der Waals surface area contributed by atoms with Crippen molar-refractivity contribution in [1.82, 2.24) is 5.32 Å². The lowest BCUT2D eigenvalue weighted by Crippen LogP contribution is -2.17. The van der Waals surface area contributed by atoms with Gasteiger partial charge >= 0.3 is 0 Å². The maximum Gasteiger partial charge on any atom is 0.290 e. The topological polar surface area (TPSA) is 64.6 Å². The highest BCUT2D eigenvalue weighted by Crippen LogP contribution is 2.39.